The fourth-order valence-electron chi connectivity index (χ4n) is 4.52. The summed E-state index contributed by atoms with van der Waals surface area (Å²) in [7, 11) is 0. The van der Waals surface area contributed by atoms with Gasteiger partial charge in [-0.15, -0.1) is 0 Å². The molecule has 8 heteroatoms. The predicted molar refractivity (Wildman–Crippen MR) is 106 cm³/mol. The van der Waals surface area contributed by atoms with E-state index < -0.39 is 0 Å². The average Bonchev–Trinajstić information content (AvgIpc) is 3.44. The van der Waals surface area contributed by atoms with Crippen molar-refractivity contribution in [2.24, 2.45) is 4.99 Å². The summed E-state index contributed by atoms with van der Waals surface area (Å²) in [6.07, 6.45) is 11.5. The Morgan fingerprint density at radius 3 is 2.86 bits per heavy atom. The Hall–Kier alpha value is -2.77. The molecule has 0 spiro atoms. The van der Waals surface area contributed by atoms with E-state index in [4.69, 9.17) is 9.98 Å². The minimum atomic E-state index is -0.0146. The molecule has 1 fully saturated rings. The molecule has 1 aliphatic carbocycles. The first kappa shape index (κ1) is 17.3. The number of aromatic amines is 1. The Morgan fingerprint density at radius 1 is 1.25 bits per heavy atom. The number of hydrogen-bond donors (Lipinski definition) is 1. The molecular weight excluding hydrogens is 354 g/mol. The smallest absolute Gasteiger partial charge is 0.331 e. The summed E-state index contributed by atoms with van der Waals surface area (Å²) < 4.78 is 0. The summed E-state index contributed by atoms with van der Waals surface area (Å²) in [5.41, 5.74) is 1.79. The van der Waals surface area contributed by atoms with E-state index in [2.05, 4.69) is 21.9 Å². The van der Waals surface area contributed by atoms with Crippen LogP contribution in [0.15, 0.2) is 23.6 Å². The predicted octanol–water partition coefficient (Wildman–Crippen LogP) is 2.88. The molecule has 1 atom stereocenters. The number of hydrogen-bond acceptors (Lipinski definition) is 5. The average molecular weight is 379 g/mol. The summed E-state index contributed by atoms with van der Waals surface area (Å²) >= 11 is 0. The number of carbonyl (C=O) groups is 1. The number of H-pyrrole nitrogens is 1. The maximum absolute atomic E-state index is 13.2. The van der Waals surface area contributed by atoms with Crippen LogP contribution < -0.4 is 4.90 Å². The highest BCUT2D eigenvalue weighted by molar-refractivity contribution is 6.18. The van der Waals surface area contributed by atoms with Crippen molar-refractivity contribution in [3.8, 4) is 0 Å². The van der Waals surface area contributed by atoms with Crippen LogP contribution >= 0.6 is 0 Å². The number of nitrogens with zero attached hydrogens (tertiary/aromatic N) is 6. The minimum Gasteiger partial charge on any atom is -0.337 e. The normalized spacial score (nSPS) is 21.8. The van der Waals surface area contributed by atoms with Crippen LogP contribution in [0.1, 0.15) is 62.2 Å². The molecule has 0 aromatic carbocycles. The highest BCUT2D eigenvalue weighted by Crippen LogP contribution is 2.37. The van der Waals surface area contributed by atoms with Gasteiger partial charge in [0.25, 0.3) is 0 Å². The van der Waals surface area contributed by atoms with Gasteiger partial charge in [0.05, 0.1) is 18.3 Å². The summed E-state index contributed by atoms with van der Waals surface area (Å²) in [5, 5.41) is 0. The first-order chi connectivity index (χ1) is 13.7. The van der Waals surface area contributed by atoms with Crippen LogP contribution in [0.3, 0.4) is 0 Å². The Labute approximate surface area is 164 Å². The molecule has 28 heavy (non-hydrogen) atoms. The zero-order valence-electron chi connectivity index (χ0n) is 16.1. The van der Waals surface area contributed by atoms with Crippen LogP contribution in [0, 0.1) is 0 Å². The topological polar surface area (TPSA) is 90.4 Å². The van der Waals surface area contributed by atoms with Gasteiger partial charge in [-0.2, -0.15) is 0 Å². The molecule has 1 unspecified atom stereocenters. The zero-order valence-corrected chi connectivity index (χ0v) is 16.1. The number of fused-ring (bicyclic) bond motifs is 3. The first-order valence-electron chi connectivity index (χ1n) is 10.3. The second kappa shape index (κ2) is 7.00. The van der Waals surface area contributed by atoms with Crippen LogP contribution in [-0.4, -0.2) is 55.8 Å². The molecule has 1 N–H and O–H groups in total. The monoisotopic (exact) mass is 379 g/mol. The Balaban J connectivity index is 1.49. The Bertz CT molecular complexity index is 901. The van der Waals surface area contributed by atoms with Crippen LogP contribution in [0.4, 0.5) is 10.6 Å². The number of imidazole rings is 1. The van der Waals surface area contributed by atoms with Crippen molar-refractivity contribution >= 4 is 17.7 Å². The summed E-state index contributed by atoms with van der Waals surface area (Å²) in [6, 6.07) is -0.0254. The van der Waals surface area contributed by atoms with Crippen molar-refractivity contribution in [1.82, 2.24) is 24.8 Å². The van der Waals surface area contributed by atoms with Crippen molar-refractivity contribution in [2.45, 2.75) is 57.4 Å². The number of nitrogens with one attached hydrogen (secondary N) is 1. The summed E-state index contributed by atoms with van der Waals surface area (Å²) in [4.78, 5) is 38.6. The quantitative estimate of drug-likeness (QED) is 0.865. The molecule has 146 valence electrons. The van der Waals surface area contributed by atoms with Gasteiger partial charge in [0.15, 0.2) is 11.7 Å². The third-order valence-corrected chi connectivity index (χ3v) is 5.85. The lowest BCUT2D eigenvalue weighted by molar-refractivity contribution is 0.226. The maximum atomic E-state index is 13.2. The third kappa shape index (κ3) is 2.87. The molecule has 1 saturated carbocycles. The summed E-state index contributed by atoms with van der Waals surface area (Å²) in [5.74, 6) is 2.97. The van der Waals surface area contributed by atoms with Crippen molar-refractivity contribution in [3.05, 3.63) is 35.8 Å². The maximum Gasteiger partial charge on any atom is 0.331 e. The van der Waals surface area contributed by atoms with Crippen molar-refractivity contribution in [1.29, 1.82) is 0 Å². The minimum absolute atomic E-state index is 0.0108. The number of aliphatic imine (C=N–C) groups is 1. The first-order valence-corrected chi connectivity index (χ1v) is 10.3. The van der Waals surface area contributed by atoms with Gasteiger partial charge in [-0.3, -0.25) is 24.8 Å². The van der Waals surface area contributed by atoms with E-state index in [0.717, 1.165) is 35.3 Å². The lowest BCUT2D eigenvalue weighted by atomic mass is 10.1. The molecule has 8 nitrogen and oxygen atoms in total. The van der Waals surface area contributed by atoms with Gasteiger partial charge in [0, 0.05) is 37.5 Å². The number of amidine groups is 1. The Morgan fingerprint density at radius 2 is 2.11 bits per heavy atom. The van der Waals surface area contributed by atoms with Gasteiger partial charge < -0.3 is 4.98 Å². The van der Waals surface area contributed by atoms with E-state index in [1.165, 1.54) is 25.7 Å². The molecule has 5 rings (SSSR count). The van der Waals surface area contributed by atoms with Crippen LogP contribution in [0.25, 0.3) is 0 Å². The van der Waals surface area contributed by atoms with Crippen LogP contribution in [0.2, 0.25) is 0 Å². The van der Waals surface area contributed by atoms with Gasteiger partial charge in [0.2, 0.25) is 0 Å². The van der Waals surface area contributed by atoms with Gasteiger partial charge in [0.1, 0.15) is 11.5 Å². The molecule has 0 saturated heterocycles. The number of anilines is 1. The van der Waals surface area contributed by atoms with Crippen molar-refractivity contribution in [2.75, 3.05) is 18.0 Å². The van der Waals surface area contributed by atoms with E-state index in [-0.39, 0.29) is 12.1 Å². The van der Waals surface area contributed by atoms with Crippen molar-refractivity contribution < 1.29 is 4.79 Å². The van der Waals surface area contributed by atoms with Gasteiger partial charge >= 0.3 is 6.03 Å². The number of urea groups is 1. The van der Waals surface area contributed by atoms with E-state index in [1.54, 1.807) is 23.5 Å². The van der Waals surface area contributed by atoms with Crippen molar-refractivity contribution in [3.63, 3.8) is 0 Å². The molecule has 2 amide bonds. The fourth-order valence-corrected chi connectivity index (χ4v) is 4.52. The molecule has 2 aromatic heterocycles. The van der Waals surface area contributed by atoms with Gasteiger partial charge in [-0.05, 0) is 19.3 Å². The molecule has 3 aliphatic rings. The standard InChI is InChI=1S/C20H25N7O/c1-2-9-26-19-16(24-17(25-19)13-5-3-4-6-13)18-23-15(12-27(18)20(26)28)10-14-11-21-7-8-22-14/h7-8,11,13,15H,2-6,9-10,12H2,1H3,(H,24,25). The largest absolute Gasteiger partial charge is 0.337 e. The molecule has 2 aromatic rings. The van der Waals surface area contributed by atoms with Gasteiger partial charge in [-0.25, -0.2) is 9.78 Å². The highest BCUT2D eigenvalue weighted by atomic mass is 16.2. The highest BCUT2D eigenvalue weighted by Gasteiger charge is 2.42. The fraction of sp³-hybridized carbons (Fsp3) is 0.550. The number of amides is 2. The molecule has 0 bridgehead atoms. The number of rotatable bonds is 5. The van der Waals surface area contributed by atoms with E-state index in [9.17, 15) is 4.79 Å². The van der Waals surface area contributed by atoms with E-state index in [1.807, 2.05) is 4.90 Å². The lowest BCUT2D eigenvalue weighted by Crippen LogP contribution is -2.50. The number of aromatic nitrogens is 4. The lowest BCUT2D eigenvalue weighted by Gasteiger charge is -2.32. The summed E-state index contributed by atoms with van der Waals surface area (Å²) in [6.45, 7) is 3.32. The second-order valence-electron chi connectivity index (χ2n) is 7.85. The van der Waals surface area contributed by atoms with E-state index >= 15 is 0 Å². The molecular formula is C20H25N7O. The van der Waals surface area contributed by atoms with Gasteiger partial charge in [-0.1, -0.05) is 19.8 Å². The Kier molecular flexibility index (Phi) is 4.33. The number of carbonyl (C=O) groups excluding carboxylic acids is 1. The zero-order chi connectivity index (χ0) is 19.1. The molecule has 4 heterocycles. The second-order valence-corrected chi connectivity index (χ2v) is 7.85. The molecule has 2 aliphatic heterocycles. The van der Waals surface area contributed by atoms with Crippen LogP contribution in [0.5, 0.6) is 0 Å². The molecule has 0 radical (unpaired) electrons. The van der Waals surface area contributed by atoms with Crippen LogP contribution in [-0.2, 0) is 6.42 Å². The SMILES string of the molecule is CCCN1C(=O)N2CC(Cc3cnccn3)N=C2c2[nH]c(C3CCCC3)nc21. The van der Waals surface area contributed by atoms with E-state index in [0.29, 0.717) is 25.4 Å². The third-order valence-electron chi connectivity index (χ3n) is 5.85.